The predicted octanol–water partition coefficient (Wildman–Crippen LogP) is 7.84. The zero-order valence-electron chi connectivity index (χ0n) is 32.7. The van der Waals surface area contributed by atoms with Crippen LogP contribution in [0.5, 0.6) is 0 Å². The van der Waals surface area contributed by atoms with Gasteiger partial charge in [-0.1, -0.05) is 109 Å². The van der Waals surface area contributed by atoms with Crippen molar-refractivity contribution in [1.29, 1.82) is 0 Å². The molecule has 1 aliphatic rings. The lowest BCUT2D eigenvalue weighted by atomic mass is 9.98. The van der Waals surface area contributed by atoms with E-state index in [1.165, 1.54) is 0 Å². The molecule has 5 atom stereocenters. The molecule has 0 unspecified atom stereocenters. The summed E-state index contributed by atoms with van der Waals surface area (Å²) in [5.41, 5.74) is 13.7. The van der Waals surface area contributed by atoms with Crippen molar-refractivity contribution >= 4 is 23.2 Å². The van der Waals surface area contributed by atoms with E-state index >= 15 is 0 Å². The highest BCUT2D eigenvalue weighted by Gasteiger charge is 2.34. The number of aliphatic hydroxyl groups is 2. The van der Waals surface area contributed by atoms with Gasteiger partial charge in [0.05, 0.1) is 36.3 Å². The highest BCUT2D eigenvalue weighted by Crippen LogP contribution is 2.39. The maximum atomic E-state index is 12.6. The number of anilines is 2. The van der Waals surface area contributed by atoms with Crippen LogP contribution in [-0.4, -0.2) is 52.7 Å². The van der Waals surface area contributed by atoms with E-state index in [9.17, 15) is 19.8 Å². The molecule has 10 heteroatoms. The lowest BCUT2D eigenvalue weighted by Crippen LogP contribution is -2.43. The van der Waals surface area contributed by atoms with Gasteiger partial charge in [0.1, 0.15) is 0 Å². The summed E-state index contributed by atoms with van der Waals surface area (Å²) in [6.45, 7) is 3.00. The van der Waals surface area contributed by atoms with E-state index in [4.69, 9.17) is 15.2 Å². The van der Waals surface area contributed by atoms with E-state index in [-0.39, 0.29) is 36.7 Å². The van der Waals surface area contributed by atoms with Gasteiger partial charge in [0.25, 0.3) is 0 Å². The molecule has 57 heavy (non-hydrogen) atoms. The van der Waals surface area contributed by atoms with Crippen LogP contribution in [0, 0.1) is 0 Å². The molecule has 0 aromatic heterocycles. The monoisotopic (exact) mass is 770 g/mol. The fourth-order valence-corrected chi connectivity index (χ4v) is 7.07. The lowest BCUT2D eigenvalue weighted by Gasteiger charge is -2.39. The molecule has 10 nitrogen and oxygen atoms in total. The number of aliphatic hydroxyl groups excluding tert-OH is 2. The van der Waals surface area contributed by atoms with Gasteiger partial charge in [-0.05, 0) is 78.4 Å². The van der Waals surface area contributed by atoms with Gasteiger partial charge in [0.15, 0.2) is 6.29 Å². The third-order valence-corrected chi connectivity index (χ3v) is 10.6. The molecule has 5 aromatic rings. The molecule has 0 saturated carbocycles. The second-order valence-corrected chi connectivity index (χ2v) is 14.8. The highest BCUT2D eigenvalue weighted by atomic mass is 16.7. The van der Waals surface area contributed by atoms with Crippen molar-refractivity contribution in [3.8, 4) is 11.1 Å². The molecule has 0 spiro atoms. The summed E-state index contributed by atoms with van der Waals surface area (Å²) >= 11 is 0. The first-order valence-corrected chi connectivity index (χ1v) is 19.7. The third kappa shape index (κ3) is 11.6. The Morgan fingerprint density at radius 1 is 0.789 bits per heavy atom. The van der Waals surface area contributed by atoms with Crippen molar-refractivity contribution in [2.75, 3.05) is 24.6 Å². The smallest absolute Gasteiger partial charge is 0.224 e. The Labute approximate surface area is 335 Å². The Bertz CT molecular complexity index is 2040. The molecule has 1 heterocycles. The Kier molecular flexibility index (Phi) is 14.6. The van der Waals surface area contributed by atoms with Crippen LogP contribution in [0.15, 0.2) is 127 Å². The number of nitrogens with two attached hydrogens (primary N) is 1. The Morgan fingerprint density at radius 3 is 2.19 bits per heavy atom. The Hall–Kier alpha value is -5.36. The number of nitrogens with one attached hydrogen (secondary N) is 2. The fraction of sp³-hybridized carbons (Fsp3) is 0.319. The van der Waals surface area contributed by atoms with Crippen LogP contribution in [0.25, 0.3) is 11.1 Å². The second-order valence-electron chi connectivity index (χ2n) is 14.8. The van der Waals surface area contributed by atoms with Gasteiger partial charge in [0, 0.05) is 44.0 Å². The van der Waals surface area contributed by atoms with E-state index in [2.05, 4.69) is 33.7 Å². The maximum Gasteiger partial charge on any atom is 0.224 e. The Balaban J connectivity index is 1.04. The normalized spacial score (nSPS) is 17.8. The van der Waals surface area contributed by atoms with E-state index in [1.807, 2.05) is 111 Å². The summed E-state index contributed by atoms with van der Waals surface area (Å²) in [5, 5.41) is 26.6. The summed E-state index contributed by atoms with van der Waals surface area (Å²) in [6, 6.07) is 40.8. The average molecular weight is 771 g/mol. The van der Waals surface area contributed by atoms with Gasteiger partial charge in [0.2, 0.25) is 11.8 Å². The zero-order valence-corrected chi connectivity index (χ0v) is 32.7. The number of hydrogen-bond donors (Lipinski definition) is 5. The van der Waals surface area contributed by atoms with Crippen molar-refractivity contribution < 1.29 is 29.3 Å². The molecule has 6 N–H and O–H groups in total. The number of amides is 2. The minimum Gasteiger partial charge on any atom is -0.397 e. The predicted molar refractivity (Wildman–Crippen MR) is 224 cm³/mol. The molecule has 2 amide bonds. The quantitative estimate of drug-likeness (QED) is 0.0475. The molecule has 6 rings (SSSR count). The number of benzene rings is 5. The van der Waals surface area contributed by atoms with Crippen molar-refractivity contribution in [2.24, 2.45) is 0 Å². The first-order valence-electron chi connectivity index (χ1n) is 19.7. The van der Waals surface area contributed by atoms with Gasteiger partial charge in [-0.25, -0.2) is 0 Å². The van der Waals surface area contributed by atoms with E-state index in [0.717, 1.165) is 38.9 Å². The minimum atomic E-state index is -0.645. The largest absolute Gasteiger partial charge is 0.397 e. The molecule has 0 bridgehead atoms. The van der Waals surface area contributed by atoms with Gasteiger partial charge >= 0.3 is 0 Å². The van der Waals surface area contributed by atoms with Crippen LogP contribution in [0.4, 0.5) is 11.4 Å². The average Bonchev–Trinajstić information content (AvgIpc) is 3.25. The standard InChI is InChI=1S/C47H54N4O6/c1-32(46(55)37-12-4-3-5-13-37)51(2)30-40-28-43(36-21-19-33(31-52)20-22-36)57-47(56-40)38-25-23-35(24-26-38)39-14-10-11-34(27-39)29-49-44(53)17-8-9-18-45(54)50-42-16-7-6-15-41(42)48/h3-7,10-16,19-27,32,40,43,46-47,52,55H,8-9,17-18,28-31,48H2,1-2H3,(H,49,53)(H,50,54)/t32-,40-,43+,46-,47+/m0/s1. The Morgan fingerprint density at radius 2 is 1.47 bits per heavy atom. The van der Waals surface area contributed by atoms with Crippen molar-refractivity contribution in [2.45, 2.75) is 82.8 Å². The van der Waals surface area contributed by atoms with Gasteiger partial charge < -0.3 is 36.1 Å². The first-order chi connectivity index (χ1) is 27.7. The molecule has 0 radical (unpaired) electrons. The van der Waals surface area contributed by atoms with Crippen molar-refractivity contribution in [1.82, 2.24) is 10.2 Å². The van der Waals surface area contributed by atoms with Crippen LogP contribution in [0.1, 0.15) is 85.3 Å². The van der Waals surface area contributed by atoms with Crippen LogP contribution < -0.4 is 16.4 Å². The number of unbranched alkanes of at least 4 members (excludes halogenated alkanes) is 1. The highest BCUT2D eigenvalue weighted by molar-refractivity contribution is 5.93. The number of likely N-dealkylation sites (N-methyl/N-ethyl adjacent to an activating group) is 1. The summed E-state index contributed by atoms with van der Waals surface area (Å²) in [4.78, 5) is 27.0. The molecule has 298 valence electrons. The van der Waals surface area contributed by atoms with Crippen LogP contribution >= 0.6 is 0 Å². The molecular weight excluding hydrogens is 717 g/mol. The first kappa shape index (κ1) is 41.3. The topological polar surface area (TPSA) is 146 Å². The number of nitrogens with zero attached hydrogens (tertiary/aromatic N) is 1. The number of ether oxygens (including phenoxy) is 2. The van der Waals surface area contributed by atoms with Crippen LogP contribution in [-0.2, 0) is 32.2 Å². The second kappa shape index (κ2) is 20.2. The van der Waals surface area contributed by atoms with Crippen molar-refractivity contribution in [3.05, 3.63) is 155 Å². The summed E-state index contributed by atoms with van der Waals surface area (Å²) in [7, 11) is 2.01. The van der Waals surface area contributed by atoms with E-state index < -0.39 is 12.4 Å². The number of carbonyl (C=O) groups is 2. The number of nitrogen functional groups attached to an aromatic ring is 1. The van der Waals surface area contributed by atoms with E-state index in [1.54, 1.807) is 12.1 Å². The van der Waals surface area contributed by atoms with E-state index in [0.29, 0.717) is 56.6 Å². The molecular formula is C47H54N4O6. The number of rotatable bonds is 17. The van der Waals surface area contributed by atoms with Crippen molar-refractivity contribution in [3.63, 3.8) is 0 Å². The minimum absolute atomic E-state index is 0.0218. The summed E-state index contributed by atoms with van der Waals surface area (Å²) in [5.74, 6) is -0.177. The van der Waals surface area contributed by atoms with Crippen LogP contribution in [0.2, 0.25) is 0 Å². The van der Waals surface area contributed by atoms with Gasteiger partial charge in [-0.2, -0.15) is 0 Å². The number of carbonyl (C=O) groups excluding carboxylic acids is 2. The molecule has 5 aromatic carbocycles. The lowest BCUT2D eigenvalue weighted by molar-refractivity contribution is -0.253. The van der Waals surface area contributed by atoms with Crippen LogP contribution in [0.3, 0.4) is 0 Å². The summed E-state index contributed by atoms with van der Waals surface area (Å²) < 4.78 is 13.2. The van der Waals surface area contributed by atoms with Gasteiger partial charge in [-0.3, -0.25) is 14.5 Å². The molecule has 0 aliphatic carbocycles. The zero-order chi connectivity index (χ0) is 40.1. The van der Waals surface area contributed by atoms with Gasteiger partial charge in [-0.15, -0.1) is 0 Å². The summed E-state index contributed by atoms with van der Waals surface area (Å²) in [6.07, 6.45) is 0.846. The number of hydrogen-bond acceptors (Lipinski definition) is 8. The molecule has 1 saturated heterocycles. The molecule has 1 aliphatic heterocycles. The fourth-order valence-electron chi connectivity index (χ4n) is 7.07. The molecule has 1 fully saturated rings. The maximum absolute atomic E-state index is 12.6. The number of para-hydroxylation sites is 2. The third-order valence-electron chi connectivity index (χ3n) is 10.6. The SMILES string of the molecule is C[C@@H]([C@H](O)c1ccccc1)N(C)C[C@@H]1C[C@H](c2ccc(CO)cc2)O[C@H](c2ccc(-c3cccc(CNC(=O)CCCCC(=O)Nc4ccccc4N)c3)cc2)O1.